The molecule has 7 heteroatoms. The fraction of sp³-hybridized carbons (Fsp3) is 0.500. The van der Waals surface area contributed by atoms with Crippen LogP contribution in [0.1, 0.15) is 56.6 Å². The first-order valence-corrected chi connectivity index (χ1v) is 13.2. The molecule has 1 fully saturated rings. The van der Waals surface area contributed by atoms with E-state index in [2.05, 4.69) is 29.3 Å². The van der Waals surface area contributed by atoms with Crippen LogP contribution in [-0.2, 0) is 10.2 Å². The molecule has 1 amide bonds. The average molecular weight is 503 g/mol. The SMILES string of the molecule is CCC[C@H](CC(C#N)(c1ccccc1)C1CCN(CCCOc2ccc(C#N)cc2)CC1)OC(=O)NC. The van der Waals surface area contributed by atoms with Crippen LogP contribution in [0.4, 0.5) is 4.79 Å². The van der Waals surface area contributed by atoms with Gasteiger partial charge in [-0.25, -0.2) is 4.79 Å². The number of nitrogens with one attached hydrogen (secondary N) is 1. The lowest BCUT2D eigenvalue weighted by Crippen LogP contribution is -2.45. The molecule has 3 rings (SSSR count). The fourth-order valence-electron chi connectivity index (χ4n) is 5.30. The number of alkyl carbamates (subject to hydrolysis) is 1. The molecule has 0 aliphatic carbocycles. The predicted octanol–water partition coefficient (Wildman–Crippen LogP) is 5.42. The van der Waals surface area contributed by atoms with Gasteiger partial charge in [0.25, 0.3) is 0 Å². The monoisotopic (exact) mass is 502 g/mol. The molecule has 1 unspecified atom stereocenters. The fourth-order valence-corrected chi connectivity index (χ4v) is 5.30. The van der Waals surface area contributed by atoms with Crippen LogP contribution in [0, 0.1) is 28.6 Å². The third-order valence-corrected chi connectivity index (χ3v) is 7.28. The van der Waals surface area contributed by atoms with Gasteiger partial charge in [-0.05, 0) is 74.5 Å². The van der Waals surface area contributed by atoms with Crippen LogP contribution in [0.25, 0.3) is 0 Å². The Morgan fingerprint density at radius 2 is 1.84 bits per heavy atom. The highest BCUT2D eigenvalue weighted by Gasteiger charge is 2.44. The van der Waals surface area contributed by atoms with Gasteiger partial charge in [-0.2, -0.15) is 10.5 Å². The number of amides is 1. The minimum atomic E-state index is -0.708. The molecule has 1 heterocycles. The van der Waals surface area contributed by atoms with Crippen molar-refractivity contribution in [1.29, 1.82) is 10.5 Å². The van der Waals surface area contributed by atoms with Crippen LogP contribution in [0.5, 0.6) is 5.75 Å². The van der Waals surface area contributed by atoms with Crippen molar-refractivity contribution >= 4 is 6.09 Å². The van der Waals surface area contributed by atoms with Gasteiger partial charge in [0.2, 0.25) is 0 Å². The number of likely N-dealkylation sites (tertiary alicyclic amines) is 1. The standard InChI is InChI=1S/C30H38N4O3/c1-3-8-28(37-29(35)33-2)21-30(23-32,25-9-5-4-6-10-25)26-15-18-34(19-16-26)17-7-20-36-27-13-11-24(22-31)12-14-27/h4-6,9-14,26,28H,3,7-8,15-21H2,1-2H3,(H,33,35)/t28-,30?/m1/s1. The maximum absolute atomic E-state index is 12.0. The third kappa shape index (κ3) is 7.71. The Balaban J connectivity index is 1.61. The van der Waals surface area contributed by atoms with Gasteiger partial charge in [0.1, 0.15) is 11.9 Å². The summed E-state index contributed by atoms with van der Waals surface area (Å²) in [4.78, 5) is 14.5. The first-order chi connectivity index (χ1) is 18.0. The summed E-state index contributed by atoms with van der Waals surface area (Å²) in [6.45, 7) is 5.47. The lowest BCUT2D eigenvalue weighted by molar-refractivity contribution is 0.0596. The van der Waals surface area contributed by atoms with Gasteiger partial charge in [-0.3, -0.25) is 0 Å². The normalized spacial score (nSPS) is 16.5. The Hall–Kier alpha value is -3.55. The zero-order chi connectivity index (χ0) is 26.5. The highest BCUT2D eigenvalue weighted by molar-refractivity contribution is 5.66. The lowest BCUT2D eigenvalue weighted by Gasteiger charge is -2.42. The Kier molecular flexibility index (Phi) is 10.8. The molecule has 196 valence electrons. The van der Waals surface area contributed by atoms with Gasteiger partial charge in [-0.15, -0.1) is 0 Å². The second-order valence-electron chi connectivity index (χ2n) is 9.67. The summed E-state index contributed by atoms with van der Waals surface area (Å²) in [6.07, 6.45) is 4.07. The predicted molar refractivity (Wildman–Crippen MR) is 143 cm³/mol. The van der Waals surface area contributed by atoms with E-state index in [-0.39, 0.29) is 12.0 Å². The van der Waals surface area contributed by atoms with E-state index in [1.807, 2.05) is 42.5 Å². The van der Waals surface area contributed by atoms with E-state index in [1.54, 1.807) is 19.2 Å². The highest BCUT2D eigenvalue weighted by Crippen LogP contribution is 2.43. The molecule has 0 aromatic heterocycles. The minimum Gasteiger partial charge on any atom is -0.494 e. The molecule has 1 aliphatic rings. The number of hydrogen-bond donors (Lipinski definition) is 1. The largest absolute Gasteiger partial charge is 0.494 e. The van der Waals surface area contributed by atoms with E-state index in [0.717, 1.165) is 63.1 Å². The molecule has 2 aromatic rings. The summed E-state index contributed by atoms with van der Waals surface area (Å²) in [5.74, 6) is 0.957. The number of nitrogens with zero attached hydrogens (tertiary/aromatic N) is 3. The van der Waals surface area contributed by atoms with Gasteiger partial charge >= 0.3 is 6.09 Å². The molecular formula is C30H38N4O3. The second kappa shape index (κ2) is 14.3. The van der Waals surface area contributed by atoms with Crippen LogP contribution in [0.15, 0.2) is 54.6 Å². The molecule has 1 N–H and O–H groups in total. The molecule has 0 saturated carbocycles. The maximum Gasteiger partial charge on any atom is 0.407 e. The van der Waals surface area contributed by atoms with Gasteiger partial charge < -0.3 is 19.7 Å². The molecule has 2 atom stereocenters. The number of nitriles is 2. The Labute approximate surface area is 221 Å². The molecule has 2 aromatic carbocycles. The van der Waals surface area contributed by atoms with Crippen molar-refractivity contribution in [3.8, 4) is 17.9 Å². The number of piperidine rings is 1. The second-order valence-corrected chi connectivity index (χ2v) is 9.67. The number of benzene rings is 2. The number of rotatable bonds is 12. The first kappa shape index (κ1) is 28.0. The molecule has 0 radical (unpaired) electrons. The molecular weight excluding hydrogens is 464 g/mol. The van der Waals surface area contributed by atoms with E-state index >= 15 is 0 Å². The first-order valence-electron chi connectivity index (χ1n) is 13.2. The summed E-state index contributed by atoms with van der Waals surface area (Å²) in [5.41, 5.74) is 0.925. The number of ether oxygens (including phenoxy) is 2. The van der Waals surface area contributed by atoms with Crippen LogP contribution in [-0.4, -0.2) is 50.4 Å². The zero-order valence-electron chi connectivity index (χ0n) is 22.0. The maximum atomic E-state index is 12.0. The molecule has 37 heavy (non-hydrogen) atoms. The molecule has 7 nitrogen and oxygen atoms in total. The van der Waals surface area contributed by atoms with E-state index in [4.69, 9.17) is 14.7 Å². The van der Waals surface area contributed by atoms with Crippen LogP contribution in [0.3, 0.4) is 0 Å². The Bertz CT molecular complexity index is 1050. The highest BCUT2D eigenvalue weighted by atomic mass is 16.6. The average Bonchev–Trinajstić information content (AvgIpc) is 2.95. The quantitative estimate of drug-likeness (QED) is 0.389. The van der Waals surface area contributed by atoms with Crippen LogP contribution in [0.2, 0.25) is 0 Å². The summed E-state index contributed by atoms with van der Waals surface area (Å²) >= 11 is 0. The van der Waals surface area contributed by atoms with Crippen molar-refractivity contribution in [2.24, 2.45) is 5.92 Å². The lowest BCUT2D eigenvalue weighted by atomic mass is 9.64. The van der Waals surface area contributed by atoms with Crippen molar-refractivity contribution < 1.29 is 14.3 Å². The van der Waals surface area contributed by atoms with Crippen molar-refractivity contribution in [2.45, 2.75) is 57.0 Å². The summed E-state index contributed by atoms with van der Waals surface area (Å²) in [5, 5.41) is 22.1. The van der Waals surface area contributed by atoms with Crippen molar-refractivity contribution in [3.63, 3.8) is 0 Å². The van der Waals surface area contributed by atoms with E-state index < -0.39 is 11.5 Å². The molecule has 1 saturated heterocycles. The number of carbonyl (C=O) groups is 1. The minimum absolute atomic E-state index is 0.179. The molecule has 1 aliphatic heterocycles. The molecule has 0 bridgehead atoms. The number of hydrogen-bond acceptors (Lipinski definition) is 6. The number of carbonyl (C=O) groups excluding carboxylic acids is 1. The van der Waals surface area contributed by atoms with Crippen molar-refractivity contribution in [3.05, 3.63) is 65.7 Å². The van der Waals surface area contributed by atoms with E-state index in [9.17, 15) is 10.1 Å². The third-order valence-electron chi connectivity index (χ3n) is 7.28. The molecule has 0 spiro atoms. The van der Waals surface area contributed by atoms with Gasteiger partial charge in [0.15, 0.2) is 0 Å². The van der Waals surface area contributed by atoms with Gasteiger partial charge in [0.05, 0.1) is 29.7 Å². The zero-order valence-corrected chi connectivity index (χ0v) is 22.0. The van der Waals surface area contributed by atoms with E-state index in [0.29, 0.717) is 18.6 Å². The smallest absolute Gasteiger partial charge is 0.407 e. The van der Waals surface area contributed by atoms with Crippen molar-refractivity contribution in [2.75, 3.05) is 33.3 Å². The van der Waals surface area contributed by atoms with Crippen LogP contribution >= 0.6 is 0 Å². The Morgan fingerprint density at radius 1 is 1.14 bits per heavy atom. The summed E-state index contributed by atoms with van der Waals surface area (Å²) < 4.78 is 11.5. The van der Waals surface area contributed by atoms with Gasteiger partial charge in [0, 0.05) is 20.0 Å². The Morgan fingerprint density at radius 3 is 2.43 bits per heavy atom. The van der Waals surface area contributed by atoms with Crippen molar-refractivity contribution in [1.82, 2.24) is 10.2 Å². The van der Waals surface area contributed by atoms with Crippen LogP contribution < -0.4 is 10.1 Å². The topological polar surface area (TPSA) is 98.4 Å². The summed E-state index contributed by atoms with van der Waals surface area (Å²) in [6, 6.07) is 22.0. The van der Waals surface area contributed by atoms with Gasteiger partial charge in [-0.1, -0.05) is 43.7 Å². The van der Waals surface area contributed by atoms with E-state index in [1.165, 1.54) is 0 Å². The summed E-state index contributed by atoms with van der Waals surface area (Å²) in [7, 11) is 1.56.